The van der Waals surface area contributed by atoms with Gasteiger partial charge in [0.2, 0.25) is 0 Å². The Kier molecular flexibility index (Phi) is 6.37. The number of rotatable bonds is 7. The van der Waals surface area contributed by atoms with Crippen molar-refractivity contribution in [1.82, 2.24) is 10.3 Å². The molecule has 0 fully saturated rings. The highest BCUT2D eigenvalue weighted by atomic mass is 16.5. The molecule has 2 aromatic heterocycles. The van der Waals surface area contributed by atoms with Crippen LogP contribution < -0.4 is 20.8 Å². The minimum absolute atomic E-state index is 0.0461. The zero-order valence-corrected chi connectivity index (χ0v) is 20.6. The van der Waals surface area contributed by atoms with Crippen molar-refractivity contribution in [2.75, 3.05) is 0 Å². The Bertz CT molecular complexity index is 1580. The van der Waals surface area contributed by atoms with Crippen molar-refractivity contribution in [1.29, 1.82) is 0 Å². The maximum absolute atomic E-state index is 12.9. The Morgan fingerprint density at radius 1 is 1.16 bits per heavy atom. The van der Waals surface area contributed by atoms with Crippen molar-refractivity contribution in [2.45, 2.75) is 58.1 Å². The number of H-pyrrole nitrogens is 1. The van der Waals surface area contributed by atoms with Crippen molar-refractivity contribution in [3.63, 3.8) is 0 Å². The Hall–Kier alpha value is -4.27. The summed E-state index contributed by atoms with van der Waals surface area (Å²) in [6.07, 6.45) is 4.06. The van der Waals surface area contributed by atoms with Crippen LogP contribution in [0.25, 0.3) is 21.9 Å². The summed E-state index contributed by atoms with van der Waals surface area (Å²) >= 11 is 0. The largest absolute Gasteiger partial charge is 0.548 e. The van der Waals surface area contributed by atoms with Gasteiger partial charge >= 0.3 is 5.63 Å². The Morgan fingerprint density at radius 3 is 2.68 bits per heavy atom. The summed E-state index contributed by atoms with van der Waals surface area (Å²) < 4.78 is 11.5. The number of aromatic amines is 1. The van der Waals surface area contributed by atoms with E-state index < -0.39 is 24.0 Å². The van der Waals surface area contributed by atoms with Crippen LogP contribution in [-0.4, -0.2) is 34.1 Å². The average Bonchev–Trinajstić information content (AvgIpc) is 3.27. The second-order valence-corrected chi connectivity index (χ2v) is 9.51. The standard InChI is InChI=1S/C28H28N2O7/c1-14-24(10-8-19-18-5-3-4-6-20(18)28(35)37-25(14)19)36-15(2)26(32)30-23(27(33)34)11-16-13-29-22-9-7-17(31)12-21(16)22/h7-10,12-13,15,23,29,31H,3-6,11H2,1-2H3,(H,30,32)(H,33,34)/p-1/t15-,23-/m0/s1. The lowest BCUT2D eigenvalue weighted by atomic mass is 9.90. The molecular weight excluding hydrogens is 476 g/mol. The van der Waals surface area contributed by atoms with Crippen LogP contribution in [0.3, 0.4) is 0 Å². The zero-order chi connectivity index (χ0) is 26.3. The predicted molar refractivity (Wildman–Crippen MR) is 135 cm³/mol. The van der Waals surface area contributed by atoms with E-state index in [1.807, 2.05) is 6.07 Å². The van der Waals surface area contributed by atoms with Gasteiger partial charge < -0.3 is 34.5 Å². The first kappa shape index (κ1) is 24.4. The lowest BCUT2D eigenvalue weighted by Gasteiger charge is -2.23. The van der Waals surface area contributed by atoms with E-state index in [0.29, 0.717) is 34.3 Å². The van der Waals surface area contributed by atoms with Crippen molar-refractivity contribution < 1.29 is 29.0 Å². The van der Waals surface area contributed by atoms with Crippen LogP contribution in [0.2, 0.25) is 0 Å². The number of carbonyl (C=O) groups excluding carboxylic acids is 2. The van der Waals surface area contributed by atoms with Crippen molar-refractivity contribution in [3.05, 3.63) is 69.2 Å². The molecule has 37 heavy (non-hydrogen) atoms. The van der Waals surface area contributed by atoms with Gasteiger partial charge in [-0.1, -0.05) is 0 Å². The van der Waals surface area contributed by atoms with Crippen molar-refractivity contribution in [3.8, 4) is 11.5 Å². The molecule has 1 aliphatic rings. The maximum atomic E-state index is 12.9. The number of aryl methyl sites for hydroxylation is 2. The van der Waals surface area contributed by atoms with Gasteiger partial charge in [0.1, 0.15) is 17.1 Å². The smallest absolute Gasteiger partial charge is 0.339 e. The molecule has 1 aliphatic carbocycles. The lowest BCUT2D eigenvalue weighted by molar-refractivity contribution is -0.308. The molecule has 0 aliphatic heterocycles. The number of nitrogens with one attached hydrogen (secondary N) is 2. The SMILES string of the molecule is Cc1c(O[C@@H](C)C(=O)N[C@@H](Cc2c[nH]c3ccc(O)cc23)C(=O)[O-])ccc2c3c(c(=O)oc12)CCCC3. The molecule has 0 saturated carbocycles. The Morgan fingerprint density at radius 2 is 1.92 bits per heavy atom. The minimum Gasteiger partial charge on any atom is -0.548 e. The van der Waals surface area contributed by atoms with Gasteiger partial charge in [0.25, 0.3) is 5.91 Å². The lowest BCUT2D eigenvalue weighted by Crippen LogP contribution is -2.52. The highest BCUT2D eigenvalue weighted by Crippen LogP contribution is 2.33. The molecule has 1 amide bonds. The summed E-state index contributed by atoms with van der Waals surface area (Å²) in [4.78, 5) is 40.3. The number of hydrogen-bond acceptors (Lipinski definition) is 7. The second-order valence-electron chi connectivity index (χ2n) is 9.51. The Balaban J connectivity index is 1.34. The quantitative estimate of drug-likeness (QED) is 0.329. The number of benzene rings is 2. The number of carbonyl (C=O) groups is 2. The molecule has 2 aromatic carbocycles. The van der Waals surface area contributed by atoms with E-state index in [0.717, 1.165) is 41.3 Å². The van der Waals surface area contributed by atoms with Gasteiger partial charge in [0.15, 0.2) is 6.10 Å². The molecule has 9 heteroatoms. The van der Waals surface area contributed by atoms with Crippen molar-refractivity contribution in [2.24, 2.45) is 0 Å². The molecule has 0 spiro atoms. The monoisotopic (exact) mass is 503 g/mol. The fraction of sp³-hybridized carbons (Fsp3) is 0.321. The topological polar surface area (TPSA) is 145 Å². The van der Waals surface area contributed by atoms with E-state index in [-0.39, 0.29) is 17.8 Å². The van der Waals surface area contributed by atoms with Gasteiger partial charge in [-0.2, -0.15) is 0 Å². The van der Waals surface area contributed by atoms with Crippen LogP contribution >= 0.6 is 0 Å². The van der Waals surface area contributed by atoms with Gasteiger partial charge in [-0.15, -0.1) is 0 Å². The van der Waals surface area contributed by atoms with Gasteiger partial charge in [0, 0.05) is 40.0 Å². The molecule has 0 radical (unpaired) electrons. The summed E-state index contributed by atoms with van der Waals surface area (Å²) in [5, 5.41) is 25.6. The molecule has 192 valence electrons. The van der Waals surface area contributed by atoms with Crippen LogP contribution in [0.1, 0.15) is 42.0 Å². The number of carboxylic acid groups (broad SMARTS) is 1. The van der Waals surface area contributed by atoms with E-state index in [2.05, 4.69) is 10.3 Å². The van der Waals surface area contributed by atoms with E-state index in [4.69, 9.17) is 9.15 Å². The van der Waals surface area contributed by atoms with Crippen LogP contribution in [0.15, 0.2) is 45.7 Å². The number of amides is 1. The molecule has 2 atom stereocenters. The van der Waals surface area contributed by atoms with Gasteiger partial charge in [-0.3, -0.25) is 4.79 Å². The van der Waals surface area contributed by atoms with E-state index >= 15 is 0 Å². The third kappa shape index (κ3) is 4.64. The van der Waals surface area contributed by atoms with Gasteiger partial charge in [-0.25, -0.2) is 4.79 Å². The number of carboxylic acids is 1. The number of aliphatic carboxylic acids is 1. The van der Waals surface area contributed by atoms with Gasteiger partial charge in [0.05, 0.1) is 12.0 Å². The molecule has 0 unspecified atom stereocenters. The fourth-order valence-corrected chi connectivity index (χ4v) is 5.03. The number of ether oxygens (including phenoxy) is 1. The molecule has 3 N–H and O–H groups in total. The van der Waals surface area contributed by atoms with Crippen LogP contribution in [0.5, 0.6) is 11.5 Å². The third-order valence-corrected chi connectivity index (χ3v) is 7.04. The summed E-state index contributed by atoms with van der Waals surface area (Å²) in [5.41, 5.74) is 3.78. The summed E-state index contributed by atoms with van der Waals surface area (Å²) in [5.74, 6) is -1.66. The minimum atomic E-state index is -1.44. The normalized spacial score (nSPS) is 14.8. The van der Waals surface area contributed by atoms with E-state index in [1.165, 1.54) is 19.1 Å². The molecule has 5 rings (SSSR count). The zero-order valence-electron chi connectivity index (χ0n) is 20.6. The molecule has 0 saturated heterocycles. The number of aromatic nitrogens is 1. The van der Waals surface area contributed by atoms with Crippen LogP contribution in [0.4, 0.5) is 0 Å². The summed E-state index contributed by atoms with van der Waals surface area (Å²) in [6, 6.07) is 6.99. The summed E-state index contributed by atoms with van der Waals surface area (Å²) in [7, 11) is 0. The third-order valence-electron chi connectivity index (χ3n) is 7.04. The van der Waals surface area contributed by atoms with E-state index in [1.54, 1.807) is 25.3 Å². The number of fused-ring (bicyclic) bond motifs is 4. The number of phenols is 1. The molecular formula is C28H27N2O7-. The number of hydrogen-bond donors (Lipinski definition) is 3. The molecule has 0 bridgehead atoms. The molecule has 4 aromatic rings. The fourth-order valence-electron chi connectivity index (χ4n) is 5.03. The first-order chi connectivity index (χ1) is 17.7. The second kappa shape index (κ2) is 9.65. The Labute approximate surface area is 212 Å². The average molecular weight is 504 g/mol. The van der Waals surface area contributed by atoms with Crippen LogP contribution in [-0.2, 0) is 28.9 Å². The van der Waals surface area contributed by atoms with Crippen LogP contribution in [0, 0.1) is 6.92 Å². The van der Waals surface area contributed by atoms with E-state index in [9.17, 15) is 24.6 Å². The first-order valence-corrected chi connectivity index (χ1v) is 12.3. The maximum Gasteiger partial charge on any atom is 0.339 e. The van der Waals surface area contributed by atoms with Gasteiger partial charge in [-0.05, 0) is 81.0 Å². The molecule has 9 nitrogen and oxygen atoms in total. The highest BCUT2D eigenvalue weighted by Gasteiger charge is 2.24. The van der Waals surface area contributed by atoms with Crippen molar-refractivity contribution >= 4 is 33.7 Å². The summed E-state index contributed by atoms with van der Waals surface area (Å²) in [6.45, 7) is 3.27. The highest BCUT2D eigenvalue weighted by molar-refractivity contribution is 5.89. The number of aromatic hydroxyl groups is 1. The first-order valence-electron chi connectivity index (χ1n) is 12.3. The number of phenolic OH excluding ortho intramolecular Hbond substituents is 1. The predicted octanol–water partition coefficient (Wildman–Crippen LogP) is 2.41. The molecule has 2 heterocycles.